The van der Waals surface area contributed by atoms with Crippen molar-refractivity contribution in [2.24, 2.45) is 7.05 Å². The first-order chi connectivity index (χ1) is 9.66. The number of aryl methyl sites for hydroxylation is 1. The minimum atomic E-state index is 0.632. The van der Waals surface area contributed by atoms with E-state index in [9.17, 15) is 0 Å². The van der Waals surface area contributed by atoms with Gasteiger partial charge in [-0.25, -0.2) is 0 Å². The summed E-state index contributed by atoms with van der Waals surface area (Å²) >= 11 is 3.44. The van der Waals surface area contributed by atoms with E-state index < -0.39 is 0 Å². The van der Waals surface area contributed by atoms with E-state index in [1.165, 1.54) is 0 Å². The van der Waals surface area contributed by atoms with E-state index in [4.69, 9.17) is 5.73 Å². The third kappa shape index (κ3) is 2.20. The highest BCUT2D eigenvalue weighted by molar-refractivity contribution is 9.10. The first kappa shape index (κ1) is 12.9. The molecule has 2 aromatic heterocycles. The minimum Gasteiger partial charge on any atom is -0.383 e. The van der Waals surface area contributed by atoms with Crippen LogP contribution in [0.25, 0.3) is 22.5 Å². The van der Waals surface area contributed by atoms with Gasteiger partial charge in [-0.2, -0.15) is 5.10 Å². The van der Waals surface area contributed by atoms with Crippen molar-refractivity contribution in [1.29, 1.82) is 0 Å². The average molecular weight is 329 g/mol. The van der Waals surface area contributed by atoms with E-state index in [2.05, 4.69) is 26.0 Å². The normalized spacial score (nSPS) is 10.7. The first-order valence-electron chi connectivity index (χ1n) is 6.16. The Bertz CT molecular complexity index is 733. The highest BCUT2D eigenvalue weighted by Crippen LogP contribution is 2.35. The molecule has 20 heavy (non-hydrogen) atoms. The number of nitrogens with two attached hydrogens (primary N) is 1. The van der Waals surface area contributed by atoms with Crippen LogP contribution in [0.2, 0.25) is 0 Å². The lowest BCUT2D eigenvalue weighted by Gasteiger charge is -2.04. The largest absolute Gasteiger partial charge is 0.383 e. The number of aromatic nitrogens is 3. The van der Waals surface area contributed by atoms with E-state index in [0.29, 0.717) is 5.82 Å². The van der Waals surface area contributed by atoms with Gasteiger partial charge in [0.05, 0.1) is 11.3 Å². The third-order valence-corrected chi connectivity index (χ3v) is 3.66. The molecule has 3 aromatic rings. The number of pyridine rings is 1. The number of nitrogens with zero attached hydrogens (tertiary/aromatic N) is 3. The Hall–Kier alpha value is -2.14. The van der Waals surface area contributed by atoms with Crippen LogP contribution in [0.3, 0.4) is 0 Å². The summed E-state index contributed by atoms with van der Waals surface area (Å²) in [4.78, 5) is 4.37. The zero-order valence-electron chi connectivity index (χ0n) is 10.9. The molecule has 0 atom stereocenters. The van der Waals surface area contributed by atoms with E-state index in [1.807, 2.05) is 49.5 Å². The monoisotopic (exact) mass is 328 g/mol. The quantitative estimate of drug-likeness (QED) is 0.783. The highest BCUT2D eigenvalue weighted by atomic mass is 79.9. The lowest BCUT2D eigenvalue weighted by Crippen LogP contribution is -1.97. The predicted molar refractivity (Wildman–Crippen MR) is 84.0 cm³/mol. The van der Waals surface area contributed by atoms with Gasteiger partial charge in [-0.15, -0.1) is 0 Å². The van der Waals surface area contributed by atoms with Gasteiger partial charge in [-0.1, -0.05) is 34.1 Å². The van der Waals surface area contributed by atoms with Gasteiger partial charge in [0.25, 0.3) is 0 Å². The summed E-state index contributed by atoms with van der Waals surface area (Å²) < 4.78 is 2.71. The Morgan fingerprint density at radius 1 is 1.10 bits per heavy atom. The van der Waals surface area contributed by atoms with Crippen LogP contribution in [0, 0.1) is 0 Å². The van der Waals surface area contributed by atoms with Crippen LogP contribution in [-0.4, -0.2) is 14.8 Å². The Morgan fingerprint density at radius 2 is 1.85 bits per heavy atom. The van der Waals surface area contributed by atoms with Crippen LogP contribution in [0.4, 0.5) is 5.82 Å². The van der Waals surface area contributed by atoms with Crippen LogP contribution in [0.5, 0.6) is 0 Å². The molecule has 0 aliphatic heterocycles. The standard InChI is InChI=1S/C15H13BrN4/c1-20-15(17)13(10-5-7-11(16)8-6-10)14(19-20)12-4-2-3-9-18-12/h2-9H,17H2,1H3. The van der Waals surface area contributed by atoms with Gasteiger partial charge in [-0.3, -0.25) is 9.67 Å². The summed E-state index contributed by atoms with van der Waals surface area (Å²) in [5, 5.41) is 4.50. The van der Waals surface area contributed by atoms with Crippen molar-refractivity contribution in [3.8, 4) is 22.5 Å². The summed E-state index contributed by atoms with van der Waals surface area (Å²) in [6.45, 7) is 0. The van der Waals surface area contributed by atoms with Crippen molar-refractivity contribution in [1.82, 2.24) is 14.8 Å². The fourth-order valence-corrected chi connectivity index (χ4v) is 2.38. The molecule has 4 nitrogen and oxygen atoms in total. The summed E-state index contributed by atoms with van der Waals surface area (Å²) in [5.74, 6) is 0.632. The van der Waals surface area contributed by atoms with Crippen molar-refractivity contribution in [2.75, 3.05) is 5.73 Å². The second kappa shape index (κ2) is 5.09. The van der Waals surface area contributed by atoms with Crippen LogP contribution >= 0.6 is 15.9 Å². The number of halogens is 1. The molecule has 2 N–H and O–H groups in total. The minimum absolute atomic E-state index is 0.632. The van der Waals surface area contributed by atoms with Gasteiger partial charge in [0.2, 0.25) is 0 Å². The highest BCUT2D eigenvalue weighted by Gasteiger charge is 2.17. The van der Waals surface area contributed by atoms with Crippen LogP contribution in [-0.2, 0) is 7.05 Å². The zero-order chi connectivity index (χ0) is 14.1. The maximum atomic E-state index is 6.17. The van der Waals surface area contributed by atoms with E-state index in [1.54, 1.807) is 10.9 Å². The molecule has 100 valence electrons. The molecule has 0 saturated heterocycles. The molecule has 0 radical (unpaired) electrons. The number of benzene rings is 1. The smallest absolute Gasteiger partial charge is 0.129 e. The van der Waals surface area contributed by atoms with Gasteiger partial charge < -0.3 is 5.73 Å². The predicted octanol–water partition coefficient (Wildman–Crippen LogP) is 3.49. The fraction of sp³-hybridized carbons (Fsp3) is 0.0667. The summed E-state index contributed by atoms with van der Waals surface area (Å²) in [6, 6.07) is 13.8. The van der Waals surface area contributed by atoms with Crippen LogP contribution in [0.1, 0.15) is 0 Å². The van der Waals surface area contributed by atoms with Gasteiger partial charge in [0, 0.05) is 17.7 Å². The topological polar surface area (TPSA) is 56.7 Å². The Labute approximate surface area is 125 Å². The number of hydrogen-bond donors (Lipinski definition) is 1. The van der Waals surface area contributed by atoms with Gasteiger partial charge in [0.15, 0.2) is 0 Å². The van der Waals surface area contributed by atoms with Crippen molar-refractivity contribution >= 4 is 21.7 Å². The molecule has 0 fully saturated rings. The Balaban J connectivity index is 2.22. The summed E-state index contributed by atoms with van der Waals surface area (Å²) in [7, 11) is 1.84. The molecule has 5 heteroatoms. The van der Waals surface area contributed by atoms with E-state index >= 15 is 0 Å². The maximum absolute atomic E-state index is 6.17. The maximum Gasteiger partial charge on any atom is 0.129 e. The van der Waals surface area contributed by atoms with Crippen LogP contribution in [0.15, 0.2) is 53.1 Å². The molecule has 0 amide bonds. The molecular weight excluding hydrogens is 316 g/mol. The fourth-order valence-electron chi connectivity index (χ4n) is 2.12. The molecule has 0 spiro atoms. The summed E-state index contributed by atoms with van der Waals surface area (Å²) in [6.07, 6.45) is 1.76. The first-order valence-corrected chi connectivity index (χ1v) is 6.96. The summed E-state index contributed by atoms with van der Waals surface area (Å²) in [5.41, 5.74) is 9.73. The van der Waals surface area contributed by atoms with Crippen molar-refractivity contribution in [3.05, 3.63) is 53.1 Å². The second-order valence-electron chi connectivity index (χ2n) is 4.45. The SMILES string of the molecule is Cn1nc(-c2ccccn2)c(-c2ccc(Br)cc2)c1N. The van der Waals surface area contributed by atoms with Gasteiger partial charge >= 0.3 is 0 Å². The average Bonchev–Trinajstić information content (AvgIpc) is 2.77. The molecule has 0 bridgehead atoms. The van der Waals surface area contributed by atoms with E-state index in [0.717, 1.165) is 27.0 Å². The third-order valence-electron chi connectivity index (χ3n) is 3.13. The molecule has 0 saturated carbocycles. The lowest BCUT2D eigenvalue weighted by atomic mass is 10.0. The number of nitrogen functional groups attached to an aromatic ring is 1. The van der Waals surface area contributed by atoms with Crippen molar-refractivity contribution < 1.29 is 0 Å². The van der Waals surface area contributed by atoms with Crippen molar-refractivity contribution in [2.45, 2.75) is 0 Å². The lowest BCUT2D eigenvalue weighted by molar-refractivity contribution is 0.781. The number of rotatable bonds is 2. The Morgan fingerprint density at radius 3 is 2.50 bits per heavy atom. The van der Waals surface area contributed by atoms with Gasteiger partial charge in [0.1, 0.15) is 11.5 Å². The van der Waals surface area contributed by atoms with E-state index in [-0.39, 0.29) is 0 Å². The molecule has 2 heterocycles. The molecule has 3 rings (SSSR count). The molecule has 1 aromatic carbocycles. The van der Waals surface area contributed by atoms with Crippen LogP contribution < -0.4 is 5.73 Å². The zero-order valence-corrected chi connectivity index (χ0v) is 12.5. The number of anilines is 1. The van der Waals surface area contributed by atoms with Gasteiger partial charge in [-0.05, 0) is 29.8 Å². The van der Waals surface area contributed by atoms with Crippen molar-refractivity contribution in [3.63, 3.8) is 0 Å². The second-order valence-corrected chi connectivity index (χ2v) is 5.37. The Kier molecular flexibility index (Phi) is 3.28. The molecular formula is C15H13BrN4. The molecule has 0 unspecified atom stereocenters. The molecule has 0 aliphatic rings. The molecule has 0 aliphatic carbocycles. The number of hydrogen-bond acceptors (Lipinski definition) is 3.